The SMILES string of the molecule is CC(C)NS(=O)(=O)c1ccc(NC(=O)C(C)OC(=O)c2ccc(F)cc2Cl)cc1. The normalized spacial score (nSPS) is 12.5. The molecule has 0 heterocycles. The molecule has 0 radical (unpaired) electrons. The molecule has 2 N–H and O–H groups in total. The van der Waals surface area contributed by atoms with Crippen LogP contribution in [0.15, 0.2) is 47.4 Å². The van der Waals surface area contributed by atoms with Crippen LogP contribution >= 0.6 is 11.6 Å². The van der Waals surface area contributed by atoms with Gasteiger partial charge in [-0.1, -0.05) is 11.6 Å². The Labute approximate surface area is 173 Å². The Hall–Kier alpha value is -2.49. The van der Waals surface area contributed by atoms with E-state index in [9.17, 15) is 22.4 Å². The van der Waals surface area contributed by atoms with E-state index in [2.05, 4.69) is 10.0 Å². The maximum absolute atomic E-state index is 13.1. The molecule has 0 aliphatic rings. The fourth-order valence-corrected chi connectivity index (χ4v) is 3.77. The van der Waals surface area contributed by atoms with Crippen molar-refractivity contribution in [2.24, 2.45) is 0 Å². The molecule has 2 rings (SSSR count). The summed E-state index contributed by atoms with van der Waals surface area (Å²) in [6.07, 6.45) is -1.17. The van der Waals surface area contributed by atoms with Crippen molar-refractivity contribution >= 4 is 39.2 Å². The Kier molecular flexibility index (Phi) is 7.34. The fraction of sp³-hybridized carbons (Fsp3) is 0.263. The van der Waals surface area contributed by atoms with Crippen LogP contribution in [0.2, 0.25) is 5.02 Å². The Morgan fingerprint density at radius 1 is 1.07 bits per heavy atom. The quantitative estimate of drug-likeness (QED) is 0.640. The number of benzene rings is 2. The first-order valence-electron chi connectivity index (χ1n) is 8.59. The van der Waals surface area contributed by atoms with Gasteiger partial charge in [-0.15, -0.1) is 0 Å². The third-order valence-corrected chi connectivity index (χ3v) is 5.61. The summed E-state index contributed by atoms with van der Waals surface area (Å²) < 4.78 is 44.8. The zero-order valence-electron chi connectivity index (χ0n) is 15.9. The van der Waals surface area contributed by atoms with Crippen molar-refractivity contribution in [1.29, 1.82) is 0 Å². The molecule has 0 aliphatic carbocycles. The van der Waals surface area contributed by atoms with E-state index in [1.165, 1.54) is 31.2 Å². The molecule has 1 amide bonds. The van der Waals surface area contributed by atoms with Crippen molar-refractivity contribution in [2.75, 3.05) is 5.32 Å². The second kappa shape index (κ2) is 9.34. The van der Waals surface area contributed by atoms with E-state index in [1.807, 2.05) is 0 Å². The maximum Gasteiger partial charge on any atom is 0.340 e. The minimum absolute atomic E-state index is 0.0506. The van der Waals surface area contributed by atoms with Crippen LogP contribution in [-0.4, -0.2) is 32.4 Å². The maximum atomic E-state index is 13.1. The van der Waals surface area contributed by atoms with Crippen molar-refractivity contribution in [3.8, 4) is 0 Å². The molecule has 2 aromatic rings. The zero-order chi connectivity index (χ0) is 21.8. The molecule has 156 valence electrons. The molecule has 0 bridgehead atoms. The van der Waals surface area contributed by atoms with Crippen LogP contribution in [0.3, 0.4) is 0 Å². The van der Waals surface area contributed by atoms with Gasteiger partial charge in [0.1, 0.15) is 5.82 Å². The van der Waals surface area contributed by atoms with Crippen LogP contribution in [0.4, 0.5) is 10.1 Å². The zero-order valence-corrected chi connectivity index (χ0v) is 17.5. The molecule has 0 fully saturated rings. The number of anilines is 1. The number of ether oxygens (including phenoxy) is 1. The molecular formula is C19H20ClFN2O5S. The average molecular weight is 443 g/mol. The number of carbonyl (C=O) groups is 2. The lowest BCUT2D eigenvalue weighted by atomic mass is 10.2. The number of hydrogen-bond acceptors (Lipinski definition) is 5. The van der Waals surface area contributed by atoms with Gasteiger partial charge in [0.2, 0.25) is 10.0 Å². The monoisotopic (exact) mass is 442 g/mol. The van der Waals surface area contributed by atoms with E-state index in [1.54, 1.807) is 13.8 Å². The molecule has 0 saturated heterocycles. The molecule has 1 atom stereocenters. The lowest BCUT2D eigenvalue weighted by molar-refractivity contribution is -0.123. The van der Waals surface area contributed by atoms with Gasteiger partial charge in [-0.05, 0) is 63.2 Å². The van der Waals surface area contributed by atoms with E-state index in [-0.39, 0.29) is 21.5 Å². The van der Waals surface area contributed by atoms with Crippen LogP contribution in [0.5, 0.6) is 0 Å². The van der Waals surface area contributed by atoms with Crippen molar-refractivity contribution in [3.63, 3.8) is 0 Å². The van der Waals surface area contributed by atoms with Gasteiger partial charge in [0.25, 0.3) is 5.91 Å². The Balaban J connectivity index is 2.01. The van der Waals surface area contributed by atoms with E-state index in [0.29, 0.717) is 5.69 Å². The minimum atomic E-state index is -3.65. The number of carbonyl (C=O) groups excluding carboxylic acids is 2. The summed E-state index contributed by atoms with van der Waals surface area (Å²) in [6, 6.07) is 8.43. The lowest BCUT2D eigenvalue weighted by Crippen LogP contribution is -2.31. The molecule has 7 nitrogen and oxygen atoms in total. The Bertz CT molecular complexity index is 1010. The molecule has 0 aromatic heterocycles. The average Bonchev–Trinajstić information content (AvgIpc) is 2.60. The van der Waals surface area contributed by atoms with E-state index in [4.69, 9.17) is 16.3 Å². The summed E-state index contributed by atoms with van der Waals surface area (Å²) >= 11 is 5.80. The predicted molar refractivity (Wildman–Crippen MR) is 107 cm³/mol. The first-order valence-corrected chi connectivity index (χ1v) is 10.4. The first kappa shape index (κ1) is 22.8. The van der Waals surface area contributed by atoms with Crippen molar-refractivity contribution < 1.29 is 27.1 Å². The molecule has 0 saturated carbocycles. The Morgan fingerprint density at radius 3 is 2.24 bits per heavy atom. The highest BCUT2D eigenvalue weighted by Crippen LogP contribution is 2.19. The van der Waals surface area contributed by atoms with Crippen molar-refractivity contribution in [2.45, 2.75) is 37.8 Å². The van der Waals surface area contributed by atoms with E-state index in [0.717, 1.165) is 18.2 Å². The number of hydrogen-bond donors (Lipinski definition) is 2. The second-order valence-electron chi connectivity index (χ2n) is 6.46. The number of nitrogens with one attached hydrogen (secondary N) is 2. The fourth-order valence-electron chi connectivity index (χ4n) is 2.27. The standard InChI is InChI=1S/C19H20ClFN2O5S/c1-11(2)23-29(26,27)15-7-5-14(6-8-15)22-18(24)12(3)28-19(25)16-9-4-13(21)10-17(16)20/h4-12,23H,1-3H3,(H,22,24). The van der Waals surface area contributed by atoms with Gasteiger partial charge in [0.05, 0.1) is 15.5 Å². The molecule has 0 aliphatic heterocycles. The largest absolute Gasteiger partial charge is 0.449 e. The molecule has 2 aromatic carbocycles. The summed E-state index contributed by atoms with van der Waals surface area (Å²) in [5.41, 5.74) is 0.251. The Morgan fingerprint density at radius 2 is 1.69 bits per heavy atom. The first-order chi connectivity index (χ1) is 13.5. The highest BCUT2D eigenvalue weighted by molar-refractivity contribution is 7.89. The molecule has 29 heavy (non-hydrogen) atoms. The summed E-state index contributed by atoms with van der Waals surface area (Å²) in [6.45, 7) is 4.76. The minimum Gasteiger partial charge on any atom is -0.449 e. The number of halogens is 2. The summed E-state index contributed by atoms with van der Waals surface area (Å²) in [5.74, 6) is -2.11. The predicted octanol–water partition coefficient (Wildman–Crippen LogP) is 3.35. The molecule has 10 heteroatoms. The summed E-state index contributed by atoms with van der Waals surface area (Å²) in [7, 11) is -3.65. The van der Waals surface area contributed by atoms with Gasteiger partial charge in [-0.25, -0.2) is 22.3 Å². The van der Waals surface area contributed by atoms with Crippen LogP contribution in [0, 0.1) is 5.82 Å². The van der Waals surface area contributed by atoms with Gasteiger partial charge in [-0.3, -0.25) is 4.79 Å². The van der Waals surface area contributed by atoms with Gasteiger partial charge >= 0.3 is 5.97 Å². The van der Waals surface area contributed by atoms with Crippen LogP contribution in [0.25, 0.3) is 0 Å². The smallest absolute Gasteiger partial charge is 0.340 e. The van der Waals surface area contributed by atoms with Gasteiger partial charge in [-0.2, -0.15) is 0 Å². The molecule has 0 spiro atoms. The highest BCUT2D eigenvalue weighted by Gasteiger charge is 2.21. The topological polar surface area (TPSA) is 102 Å². The van der Waals surface area contributed by atoms with Crippen molar-refractivity contribution in [3.05, 3.63) is 58.9 Å². The third kappa shape index (κ3) is 6.25. The van der Waals surface area contributed by atoms with E-state index >= 15 is 0 Å². The van der Waals surface area contributed by atoms with Gasteiger partial charge in [0.15, 0.2) is 6.10 Å². The number of amides is 1. The molecule has 1 unspecified atom stereocenters. The van der Waals surface area contributed by atoms with Gasteiger partial charge in [0, 0.05) is 11.7 Å². The number of esters is 1. The summed E-state index contributed by atoms with van der Waals surface area (Å²) in [4.78, 5) is 24.4. The van der Waals surface area contributed by atoms with Crippen LogP contribution < -0.4 is 10.0 Å². The number of rotatable bonds is 7. The summed E-state index contributed by atoms with van der Waals surface area (Å²) in [5, 5.41) is 2.39. The highest BCUT2D eigenvalue weighted by atomic mass is 35.5. The molecular weight excluding hydrogens is 423 g/mol. The number of sulfonamides is 1. The van der Waals surface area contributed by atoms with Crippen LogP contribution in [0.1, 0.15) is 31.1 Å². The second-order valence-corrected chi connectivity index (χ2v) is 8.58. The third-order valence-electron chi connectivity index (χ3n) is 3.63. The van der Waals surface area contributed by atoms with E-state index < -0.39 is 33.8 Å². The van der Waals surface area contributed by atoms with Gasteiger partial charge < -0.3 is 10.1 Å². The lowest BCUT2D eigenvalue weighted by Gasteiger charge is -2.14. The van der Waals surface area contributed by atoms with Crippen LogP contribution in [-0.2, 0) is 19.6 Å². The van der Waals surface area contributed by atoms with Crippen molar-refractivity contribution in [1.82, 2.24) is 4.72 Å².